The number of benzene rings is 1. The Kier molecular flexibility index (Phi) is 3.09. The van der Waals surface area contributed by atoms with Crippen LogP contribution in [0.1, 0.15) is 44.4 Å². The average Bonchev–Trinajstić information content (AvgIpc) is 2.63. The molecule has 0 bridgehead atoms. The van der Waals surface area contributed by atoms with Gasteiger partial charge in [0.05, 0.1) is 0 Å². The lowest BCUT2D eigenvalue weighted by Crippen LogP contribution is -2.29. The van der Waals surface area contributed by atoms with Gasteiger partial charge in [0.25, 0.3) is 0 Å². The van der Waals surface area contributed by atoms with Crippen molar-refractivity contribution in [2.45, 2.75) is 54.0 Å². The molecule has 1 saturated carbocycles. The third-order valence-electron chi connectivity index (χ3n) is 5.64. The van der Waals surface area contributed by atoms with Crippen molar-refractivity contribution in [3.63, 3.8) is 0 Å². The molecular weight excluding hydrogens is 218 g/mol. The lowest BCUT2D eigenvalue weighted by molar-refractivity contribution is 0.457. The van der Waals surface area contributed by atoms with E-state index in [4.69, 9.17) is 5.73 Å². The van der Waals surface area contributed by atoms with E-state index in [1.54, 1.807) is 0 Å². The molecule has 1 aromatic carbocycles. The highest BCUT2D eigenvalue weighted by molar-refractivity contribution is 5.35. The van der Waals surface area contributed by atoms with Crippen LogP contribution in [-0.4, -0.2) is 6.04 Å². The molecule has 1 unspecified atom stereocenters. The Morgan fingerprint density at radius 3 is 1.89 bits per heavy atom. The van der Waals surface area contributed by atoms with Gasteiger partial charge in [0, 0.05) is 6.04 Å². The zero-order chi connectivity index (χ0) is 13.7. The molecule has 1 nitrogen and oxygen atoms in total. The molecule has 2 N–H and O–H groups in total. The number of nitrogens with two attached hydrogens (primary N) is 1. The fourth-order valence-electron chi connectivity index (χ4n) is 3.84. The van der Waals surface area contributed by atoms with E-state index in [9.17, 15) is 0 Å². The van der Waals surface area contributed by atoms with Crippen LogP contribution in [0.5, 0.6) is 0 Å². The Morgan fingerprint density at radius 1 is 1.06 bits per heavy atom. The van der Waals surface area contributed by atoms with Gasteiger partial charge in [0.15, 0.2) is 0 Å². The highest BCUT2D eigenvalue weighted by Crippen LogP contribution is 2.69. The minimum absolute atomic E-state index is 0.273. The molecule has 0 amide bonds. The SMILES string of the molecule is Cc1cccc(C)c1CC(N)C1C(C)(C)C1(C)C. The second kappa shape index (κ2) is 4.09. The van der Waals surface area contributed by atoms with E-state index in [2.05, 4.69) is 59.7 Å². The molecule has 0 radical (unpaired) electrons. The maximum absolute atomic E-state index is 6.50. The highest BCUT2D eigenvalue weighted by Gasteiger charge is 2.66. The van der Waals surface area contributed by atoms with Gasteiger partial charge < -0.3 is 5.73 Å². The summed E-state index contributed by atoms with van der Waals surface area (Å²) in [5.41, 5.74) is 11.5. The molecule has 1 aliphatic carbocycles. The van der Waals surface area contributed by atoms with Crippen molar-refractivity contribution in [3.8, 4) is 0 Å². The molecular formula is C17H27N. The maximum Gasteiger partial charge on any atom is 0.0119 e. The van der Waals surface area contributed by atoms with Crippen LogP contribution in [-0.2, 0) is 6.42 Å². The summed E-state index contributed by atoms with van der Waals surface area (Å²) in [4.78, 5) is 0. The zero-order valence-corrected chi connectivity index (χ0v) is 12.7. The van der Waals surface area contributed by atoms with Crippen LogP contribution in [0.25, 0.3) is 0 Å². The first-order valence-electron chi connectivity index (χ1n) is 7.00. The van der Waals surface area contributed by atoms with Gasteiger partial charge in [-0.15, -0.1) is 0 Å². The van der Waals surface area contributed by atoms with Gasteiger partial charge in [-0.1, -0.05) is 45.9 Å². The molecule has 0 spiro atoms. The van der Waals surface area contributed by atoms with Crippen molar-refractivity contribution in [1.29, 1.82) is 0 Å². The zero-order valence-electron chi connectivity index (χ0n) is 12.7. The predicted octanol–water partition coefficient (Wildman–Crippen LogP) is 3.86. The molecule has 1 atom stereocenters. The van der Waals surface area contributed by atoms with E-state index in [0.717, 1.165) is 6.42 Å². The van der Waals surface area contributed by atoms with Gasteiger partial charge in [0.2, 0.25) is 0 Å². The standard InChI is InChI=1S/C17H27N/c1-11-8-7-9-12(2)13(11)10-14(18)15-16(3,4)17(15,5)6/h7-9,14-15H,10,18H2,1-6H3. The number of hydrogen-bond donors (Lipinski definition) is 1. The van der Waals surface area contributed by atoms with Gasteiger partial charge in [0.1, 0.15) is 0 Å². The molecule has 1 fully saturated rings. The van der Waals surface area contributed by atoms with Crippen molar-refractivity contribution in [2.75, 3.05) is 0 Å². The summed E-state index contributed by atoms with van der Waals surface area (Å²) in [6, 6.07) is 6.79. The first-order valence-corrected chi connectivity index (χ1v) is 7.00. The normalized spacial score (nSPS) is 22.8. The maximum atomic E-state index is 6.50. The summed E-state index contributed by atoms with van der Waals surface area (Å²) in [5, 5.41) is 0. The molecule has 1 heteroatoms. The average molecular weight is 245 g/mol. The smallest absolute Gasteiger partial charge is 0.0119 e. The van der Waals surface area contributed by atoms with Crippen LogP contribution in [0.15, 0.2) is 18.2 Å². The molecule has 100 valence electrons. The van der Waals surface area contributed by atoms with Crippen molar-refractivity contribution >= 4 is 0 Å². The summed E-state index contributed by atoms with van der Waals surface area (Å²) in [6.07, 6.45) is 1.01. The third-order valence-corrected chi connectivity index (χ3v) is 5.64. The van der Waals surface area contributed by atoms with E-state index in [-0.39, 0.29) is 6.04 Å². The number of rotatable bonds is 3. The Morgan fingerprint density at radius 2 is 1.50 bits per heavy atom. The van der Waals surface area contributed by atoms with Crippen LogP contribution in [0.3, 0.4) is 0 Å². The van der Waals surface area contributed by atoms with Crippen LogP contribution in [0, 0.1) is 30.6 Å². The number of hydrogen-bond acceptors (Lipinski definition) is 1. The fraction of sp³-hybridized carbons (Fsp3) is 0.647. The van der Waals surface area contributed by atoms with E-state index in [1.165, 1.54) is 16.7 Å². The molecule has 2 rings (SSSR count). The van der Waals surface area contributed by atoms with Gasteiger partial charge >= 0.3 is 0 Å². The summed E-state index contributed by atoms with van der Waals surface area (Å²) >= 11 is 0. The Bertz CT molecular complexity index is 422. The Labute approximate surface area is 112 Å². The summed E-state index contributed by atoms with van der Waals surface area (Å²) in [5.74, 6) is 0.629. The molecule has 0 aromatic heterocycles. The van der Waals surface area contributed by atoms with Crippen LogP contribution >= 0.6 is 0 Å². The molecule has 1 aromatic rings. The van der Waals surface area contributed by atoms with Gasteiger partial charge in [-0.3, -0.25) is 0 Å². The van der Waals surface area contributed by atoms with Gasteiger partial charge in [-0.25, -0.2) is 0 Å². The van der Waals surface area contributed by atoms with Gasteiger partial charge in [-0.05, 0) is 53.7 Å². The monoisotopic (exact) mass is 245 g/mol. The first kappa shape index (κ1) is 13.6. The minimum Gasteiger partial charge on any atom is -0.327 e. The molecule has 0 saturated heterocycles. The fourth-order valence-corrected chi connectivity index (χ4v) is 3.84. The van der Waals surface area contributed by atoms with E-state index in [0.29, 0.717) is 16.7 Å². The van der Waals surface area contributed by atoms with E-state index >= 15 is 0 Å². The minimum atomic E-state index is 0.273. The predicted molar refractivity (Wildman–Crippen MR) is 78.6 cm³/mol. The second-order valence-corrected chi connectivity index (χ2v) is 7.16. The van der Waals surface area contributed by atoms with Gasteiger partial charge in [-0.2, -0.15) is 0 Å². The van der Waals surface area contributed by atoms with E-state index < -0.39 is 0 Å². The van der Waals surface area contributed by atoms with Crippen LogP contribution < -0.4 is 5.73 Å². The van der Waals surface area contributed by atoms with Crippen molar-refractivity contribution in [3.05, 3.63) is 34.9 Å². The Balaban J connectivity index is 2.17. The van der Waals surface area contributed by atoms with Crippen molar-refractivity contribution in [2.24, 2.45) is 22.5 Å². The lowest BCUT2D eigenvalue weighted by atomic mass is 9.92. The second-order valence-electron chi connectivity index (χ2n) is 7.16. The van der Waals surface area contributed by atoms with Crippen molar-refractivity contribution in [1.82, 2.24) is 0 Å². The summed E-state index contributed by atoms with van der Waals surface area (Å²) in [6.45, 7) is 13.8. The molecule has 0 heterocycles. The van der Waals surface area contributed by atoms with Crippen molar-refractivity contribution < 1.29 is 0 Å². The Hall–Kier alpha value is -0.820. The highest BCUT2D eigenvalue weighted by atomic mass is 14.8. The lowest BCUT2D eigenvalue weighted by Gasteiger charge is -2.17. The molecule has 1 aliphatic rings. The first-order chi connectivity index (χ1) is 8.19. The van der Waals surface area contributed by atoms with Crippen LogP contribution in [0.4, 0.5) is 0 Å². The topological polar surface area (TPSA) is 26.0 Å². The summed E-state index contributed by atoms with van der Waals surface area (Å²) < 4.78 is 0. The molecule has 18 heavy (non-hydrogen) atoms. The third kappa shape index (κ3) is 1.89. The largest absolute Gasteiger partial charge is 0.327 e. The van der Waals surface area contributed by atoms with Crippen LogP contribution in [0.2, 0.25) is 0 Å². The number of aryl methyl sites for hydroxylation is 2. The quantitative estimate of drug-likeness (QED) is 0.860. The van der Waals surface area contributed by atoms with E-state index in [1.807, 2.05) is 0 Å². The molecule has 0 aliphatic heterocycles. The summed E-state index contributed by atoms with van der Waals surface area (Å²) in [7, 11) is 0.